The first kappa shape index (κ1) is 15.5. The number of anilines is 1. The highest BCUT2D eigenvalue weighted by atomic mass is 35.5. The Morgan fingerprint density at radius 3 is 2.23 bits per heavy atom. The lowest BCUT2D eigenvalue weighted by Gasteiger charge is -2.29. The lowest BCUT2D eigenvalue weighted by molar-refractivity contribution is 0.306. The number of ether oxygens (including phenoxy) is 1. The van der Waals surface area contributed by atoms with Gasteiger partial charge in [0.15, 0.2) is 0 Å². The van der Waals surface area contributed by atoms with E-state index in [1.165, 1.54) is 5.69 Å². The highest BCUT2D eigenvalue weighted by Gasteiger charge is 2.10. The van der Waals surface area contributed by atoms with Crippen molar-refractivity contribution in [1.82, 2.24) is 5.32 Å². The van der Waals surface area contributed by atoms with Gasteiger partial charge in [0.25, 0.3) is 0 Å². The van der Waals surface area contributed by atoms with E-state index in [0.29, 0.717) is 16.7 Å². The predicted octanol–water partition coefficient (Wildman–Crippen LogP) is 3.98. The summed E-state index contributed by atoms with van der Waals surface area (Å²) in [4.78, 5) is 2.37. The Labute approximate surface area is 140 Å². The van der Waals surface area contributed by atoms with Crippen LogP contribution in [0.25, 0.3) is 0 Å². The molecule has 2 aromatic carbocycles. The van der Waals surface area contributed by atoms with Crippen LogP contribution in [0.4, 0.5) is 5.69 Å². The summed E-state index contributed by atoms with van der Waals surface area (Å²) in [5.74, 6) is 0.815. The van der Waals surface area contributed by atoms with Crippen LogP contribution in [0.5, 0.6) is 5.75 Å². The van der Waals surface area contributed by atoms with Crippen LogP contribution in [0.15, 0.2) is 42.5 Å². The highest BCUT2D eigenvalue weighted by Crippen LogP contribution is 2.26. The molecule has 1 heterocycles. The molecule has 22 heavy (non-hydrogen) atoms. The fourth-order valence-electron chi connectivity index (χ4n) is 2.50. The van der Waals surface area contributed by atoms with E-state index in [1.807, 2.05) is 30.3 Å². The van der Waals surface area contributed by atoms with Gasteiger partial charge in [-0.1, -0.05) is 29.3 Å². The second-order valence-electron chi connectivity index (χ2n) is 5.22. The van der Waals surface area contributed by atoms with Crippen LogP contribution >= 0.6 is 23.2 Å². The molecule has 1 aliphatic heterocycles. The van der Waals surface area contributed by atoms with Gasteiger partial charge in [0.05, 0.1) is 0 Å². The topological polar surface area (TPSA) is 24.5 Å². The van der Waals surface area contributed by atoms with E-state index in [-0.39, 0.29) is 0 Å². The van der Waals surface area contributed by atoms with Gasteiger partial charge in [-0.15, -0.1) is 0 Å². The molecule has 2 aromatic rings. The maximum atomic E-state index is 6.15. The van der Waals surface area contributed by atoms with Gasteiger partial charge >= 0.3 is 0 Å². The number of rotatable bonds is 4. The largest absolute Gasteiger partial charge is 0.489 e. The summed E-state index contributed by atoms with van der Waals surface area (Å²) in [5.41, 5.74) is 2.04. The Morgan fingerprint density at radius 2 is 1.59 bits per heavy atom. The van der Waals surface area contributed by atoms with Crippen LogP contribution in [-0.4, -0.2) is 26.2 Å². The average molecular weight is 337 g/mol. The first-order valence-corrected chi connectivity index (χ1v) is 8.11. The zero-order valence-electron chi connectivity index (χ0n) is 12.2. The van der Waals surface area contributed by atoms with Crippen molar-refractivity contribution in [2.24, 2.45) is 0 Å². The molecular formula is C17H18Cl2N2O. The predicted molar refractivity (Wildman–Crippen MR) is 92.3 cm³/mol. The van der Waals surface area contributed by atoms with Crippen LogP contribution in [0.1, 0.15) is 5.56 Å². The molecular weight excluding hydrogens is 319 g/mol. The molecule has 1 N–H and O–H groups in total. The lowest BCUT2D eigenvalue weighted by atomic mass is 10.2. The summed E-state index contributed by atoms with van der Waals surface area (Å²) >= 11 is 12.3. The van der Waals surface area contributed by atoms with Gasteiger partial charge in [-0.3, -0.25) is 0 Å². The van der Waals surface area contributed by atoms with Gasteiger partial charge < -0.3 is 15.0 Å². The summed E-state index contributed by atoms with van der Waals surface area (Å²) in [5, 5.41) is 4.61. The van der Waals surface area contributed by atoms with E-state index in [0.717, 1.165) is 37.5 Å². The normalized spacial score (nSPS) is 14.9. The fraction of sp³-hybridized carbons (Fsp3) is 0.294. The number of piperazine rings is 1. The number of hydrogen-bond acceptors (Lipinski definition) is 3. The standard InChI is InChI=1S/C17H18Cl2N2O/c18-16-2-1-3-17(19)15(16)12-22-14-6-4-13(5-7-14)21-10-8-20-9-11-21/h1-7,20H,8-12H2. The molecule has 3 nitrogen and oxygen atoms in total. The van der Waals surface area contributed by atoms with E-state index in [4.69, 9.17) is 27.9 Å². The minimum absolute atomic E-state index is 0.367. The quantitative estimate of drug-likeness (QED) is 0.913. The van der Waals surface area contributed by atoms with Gasteiger partial charge in [0, 0.05) is 47.5 Å². The maximum absolute atomic E-state index is 6.15. The summed E-state index contributed by atoms with van der Waals surface area (Å²) < 4.78 is 5.80. The first-order chi connectivity index (χ1) is 10.7. The van der Waals surface area contributed by atoms with Gasteiger partial charge in [-0.05, 0) is 36.4 Å². The molecule has 0 aromatic heterocycles. The number of halogens is 2. The van der Waals surface area contributed by atoms with Crippen molar-refractivity contribution in [3.8, 4) is 5.75 Å². The summed E-state index contributed by atoms with van der Waals surface area (Å²) in [7, 11) is 0. The Morgan fingerprint density at radius 1 is 0.955 bits per heavy atom. The molecule has 0 bridgehead atoms. The third-order valence-corrected chi connectivity index (χ3v) is 4.47. The van der Waals surface area contributed by atoms with Crippen LogP contribution in [0.2, 0.25) is 10.0 Å². The van der Waals surface area contributed by atoms with Crippen molar-refractivity contribution in [2.75, 3.05) is 31.1 Å². The Balaban J connectivity index is 1.64. The minimum atomic E-state index is 0.367. The first-order valence-electron chi connectivity index (χ1n) is 7.35. The van der Waals surface area contributed by atoms with E-state index < -0.39 is 0 Å². The molecule has 1 aliphatic rings. The average Bonchev–Trinajstić information content (AvgIpc) is 2.56. The van der Waals surface area contributed by atoms with E-state index in [9.17, 15) is 0 Å². The van der Waals surface area contributed by atoms with Crippen molar-refractivity contribution in [1.29, 1.82) is 0 Å². The van der Waals surface area contributed by atoms with Crippen LogP contribution in [-0.2, 0) is 6.61 Å². The highest BCUT2D eigenvalue weighted by molar-refractivity contribution is 6.35. The second-order valence-corrected chi connectivity index (χ2v) is 6.03. The molecule has 5 heteroatoms. The smallest absolute Gasteiger partial charge is 0.119 e. The van der Waals surface area contributed by atoms with Crippen molar-refractivity contribution < 1.29 is 4.74 Å². The van der Waals surface area contributed by atoms with E-state index in [1.54, 1.807) is 0 Å². The minimum Gasteiger partial charge on any atom is -0.489 e. The Kier molecular flexibility index (Phi) is 5.08. The van der Waals surface area contributed by atoms with Gasteiger partial charge in [0.1, 0.15) is 12.4 Å². The Hall–Kier alpha value is -1.42. The lowest BCUT2D eigenvalue weighted by Crippen LogP contribution is -2.43. The van der Waals surface area contributed by atoms with Gasteiger partial charge in [-0.2, -0.15) is 0 Å². The van der Waals surface area contributed by atoms with E-state index >= 15 is 0 Å². The zero-order chi connectivity index (χ0) is 15.4. The monoisotopic (exact) mass is 336 g/mol. The molecule has 0 spiro atoms. The number of hydrogen-bond donors (Lipinski definition) is 1. The van der Waals surface area contributed by atoms with Crippen molar-refractivity contribution in [3.63, 3.8) is 0 Å². The molecule has 0 amide bonds. The molecule has 0 radical (unpaired) electrons. The molecule has 0 saturated carbocycles. The number of benzene rings is 2. The van der Waals surface area contributed by atoms with Gasteiger partial charge in [0.2, 0.25) is 0 Å². The van der Waals surface area contributed by atoms with Crippen LogP contribution in [0, 0.1) is 0 Å². The summed E-state index contributed by atoms with van der Waals surface area (Å²) in [6.07, 6.45) is 0. The number of nitrogens with one attached hydrogen (secondary N) is 1. The Bertz CT molecular complexity index is 605. The summed E-state index contributed by atoms with van der Waals surface area (Å²) in [6, 6.07) is 13.6. The third-order valence-electron chi connectivity index (χ3n) is 3.76. The van der Waals surface area contributed by atoms with Gasteiger partial charge in [-0.25, -0.2) is 0 Å². The van der Waals surface area contributed by atoms with Crippen molar-refractivity contribution >= 4 is 28.9 Å². The molecule has 116 valence electrons. The third kappa shape index (κ3) is 3.67. The van der Waals surface area contributed by atoms with Crippen LogP contribution < -0.4 is 15.0 Å². The van der Waals surface area contributed by atoms with Crippen molar-refractivity contribution in [2.45, 2.75) is 6.61 Å². The molecule has 0 unspecified atom stereocenters. The number of nitrogens with zero attached hydrogens (tertiary/aromatic N) is 1. The molecule has 0 atom stereocenters. The molecule has 1 saturated heterocycles. The van der Waals surface area contributed by atoms with E-state index in [2.05, 4.69) is 22.3 Å². The van der Waals surface area contributed by atoms with Crippen molar-refractivity contribution in [3.05, 3.63) is 58.1 Å². The van der Waals surface area contributed by atoms with Crippen LogP contribution in [0.3, 0.4) is 0 Å². The fourth-order valence-corrected chi connectivity index (χ4v) is 3.01. The maximum Gasteiger partial charge on any atom is 0.119 e. The molecule has 3 rings (SSSR count). The second kappa shape index (κ2) is 7.23. The molecule has 1 fully saturated rings. The zero-order valence-corrected chi connectivity index (χ0v) is 13.7. The SMILES string of the molecule is Clc1cccc(Cl)c1COc1ccc(N2CCNCC2)cc1. The summed E-state index contributed by atoms with van der Waals surface area (Å²) in [6.45, 7) is 4.50. The molecule has 0 aliphatic carbocycles.